The lowest BCUT2D eigenvalue weighted by Gasteiger charge is -2.05. The van der Waals surface area contributed by atoms with E-state index in [4.69, 9.17) is 4.42 Å². The van der Waals surface area contributed by atoms with Gasteiger partial charge in [0.1, 0.15) is 17.2 Å². The average molecular weight is 340 g/mol. The maximum Gasteiger partial charge on any atom is 0.372 e. The summed E-state index contributed by atoms with van der Waals surface area (Å²) >= 11 is 0. The number of aromatic amines is 1. The molecule has 1 aromatic carbocycles. The van der Waals surface area contributed by atoms with Crippen LogP contribution in [0.15, 0.2) is 28.7 Å². The van der Waals surface area contributed by atoms with Crippen LogP contribution >= 0.6 is 0 Å². The monoisotopic (exact) mass is 340 g/mol. The Hall–Kier alpha value is -3.35. The van der Waals surface area contributed by atoms with Crippen molar-refractivity contribution in [2.45, 2.75) is 20.3 Å². The van der Waals surface area contributed by atoms with E-state index in [1.54, 1.807) is 38.1 Å². The van der Waals surface area contributed by atoms with E-state index >= 15 is 0 Å². The van der Waals surface area contributed by atoms with E-state index in [1.165, 1.54) is 0 Å². The Morgan fingerprint density at radius 1 is 1.24 bits per heavy atom. The Bertz CT molecular complexity index is 951. The van der Waals surface area contributed by atoms with Crippen molar-refractivity contribution in [1.29, 1.82) is 0 Å². The fourth-order valence-corrected chi connectivity index (χ4v) is 2.93. The summed E-state index contributed by atoms with van der Waals surface area (Å²) in [5.41, 5.74) is 3.30. The van der Waals surface area contributed by atoms with Crippen molar-refractivity contribution in [3.05, 3.63) is 58.3 Å². The summed E-state index contributed by atoms with van der Waals surface area (Å²) in [5, 5.41) is 25.5. The number of carbonyl (C=O) groups is 2. The van der Waals surface area contributed by atoms with Crippen LogP contribution in [0.5, 0.6) is 5.75 Å². The molecule has 0 unspecified atom stereocenters. The highest BCUT2D eigenvalue weighted by molar-refractivity contribution is 5.93. The number of nitrogens with zero attached hydrogens (tertiary/aromatic N) is 1. The number of aryl methyl sites for hydroxylation is 1. The highest BCUT2D eigenvalue weighted by Crippen LogP contribution is 2.36. The van der Waals surface area contributed by atoms with Gasteiger partial charge in [0, 0.05) is 28.8 Å². The molecule has 3 aromatic rings. The van der Waals surface area contributed by atoms with Crippen molar-refractivity contribution in [3.8, 4) is 16.9 Å². The van der Waals surface area contributed by atoms with Crippen molar-refractivity contribution in [2.75, 3.05) is 0 Å². The number of H-pyrrole nitrogens is 1. The minimum absolute atomic E-state index is 0.152. The zero-order valence-corrected chi connectivity index (χ0v) is 13.7. The van der Waals surface area contributed by atoms with Crippen LogP contribution in [-0.2, 0) is 6.42 Å². The van der Waals surface area contributed by atoms with E-state index in [2.05, 4.69) is 10.2 Å². The van der Waals surface area contributed by atoms with E-state index in [0.717, 1.165) is 5.56 Å². The molecule has 0 amide bonds. The van der Waals surface area contributed by atoms with Crippen molar-refractivity contribution >= 4 is 12.3 Å². The number of nitrogens with one attached hydrogen (secondary N) is 1. The van der Waals surface area contributed by atoms with Crippen molar-refractivity contribution in [2.24, 2.45) is 0 Å². The summed E-state index contributed by atoms with van der Waals surface area (Å²) in [7, 11) is 0. The lowest BCUT2D eigenvalue weighted by Crippen LogP contribution is -1.97. The number of carboxylic acids is 1. The summed E-state index contributed by atoms with van der Waals surface area (Å²) in [5.74, 6) is -0.745. The molecular formula is C18H16N2O5. The highest BCUT2D eigenvalue weighted by atomic mass is 16.4. The zero-order valence-electron chi connectivity index (χ0n) is 13.7. The second-order valence-corrected chi connectivity index (χ2v) is 5.72. The van der Waals surface area contributed by atoms with Crippen LogP contribution in [0.25, 0.3) is 11.1 Å². The van der Waals surface area contributed by atoms with E-state index < -0.39 is 5.97 Å². The molecule has 0 aliphatic heterocycles. The van der Waals surface area contributed by atoms with Gasteiger partial charge in [0.15, 0.2) is 6.29 Å². The van der Waals surface area contributed by atoms with Crippen LogP contribution < -0.4 is 0 Å². The van der Waals surface area contributed by atoms with Gasteiger partial charge >= 0.3 is 5.97 Å². The summed E-state index contributed by atoms with van der Waals surface area (Å²) in [6, 6.07) is 6.67. The number of carbonyl (C=O) groups excluding carboxylic acids is 1. The molecule has 128 valence electrons. The first-order valence-electron chi connectivity index (χ1n) is 7.56. The Balaban J connectivity index is 2.13. The van der Waals surface area contributed by atoms with Gasteiger partial charge in [-0.2, -0.15) is 5.10 Å². The van der Waals surface area contributed by atoms with Gasteiger partial charge in [0.2, 0.25) is 5.76 Å². The summed E-state index contributed by atoms with van der Waals surface area (Å²) in [4.78, 5) is 22.7. The van der Waals surface area contributed by atoms with Crippen molar-refractivity contribution in [1.82, 2.24) is 10.2 Å². The first kappa shape index (κ1) is 16.5. The van der Waals surface area contributed by atoms with Crippen LogP contribution in [0.4, 0.5) is 0 Å². The number of carboxylic acid groups (broad SMARTS) is 1. The van der Waals surface area contributed by atoms with Gasteiger partial charge in [-0.25, -0.2) is 4.79 Å². The Kier molecular flexibility index (Phi) is 4.14. The fraction of sp³-hybridized carbons (Fsp3) is 0.167. The fourth-order valence-electron chi connectivity index (χ4n) is 2.93. The molecule has 2 heterocycles. The molecule has 2 aromatic heterocycles. The quantitative estimate of drug-likeness (QED) is 0.615. The topological polar surface area (TPSA) is 116 Å². The number of aldehydes is 1. The van der Waals surface area contributed by atoms with E-state index in [0.29, 0.717) is 40.9 Å². The molecule has 3 N–H and O–H groups in total. The molecule has 0 aliphatic rings. The maximum absolute atomic E-state index is 11.4. The number of hydrogen-bond acceptors (Lipinski definition) is 5. The molecule has 0 saturated heterocycles. The van der Waals surface area contributed by atoms with Crippen LogP contribution in [0, 0.1) is 13.8 Å². The normalized spacial score (nSPS) is 10.8. The molecule has 0 spiro atoms. The first-order chi connectivity index (χ1) is 11.9. The third-order valence-electron chi connectivity index (χ3n) is 4.07. The van der Waals surface area contributed by atoms with Crippen molar-refractivity contribution in [3.63, 3.8) is 0 Å². The maximum atomic E-state index is 11.4. The molecule has 7 heteroatoms. The SMILES string of the molecule is Cc1oc(C(=O)O)c(C)c1-c1c(C=O)n[nH]c1Cc1ccc(O)cc1. The largest absolute Gasteiger partial charge is 0.508 e. The average Bonchev–Trinajstić information content (AvgIpc) is 3.09. The molecule has 0 fully saturated rings. The van der Waals surface area contributed by atoms with Gasteiger partial charge in [-0.15, -0.1) is 0 Å². The Labute approximate surface area is 142 Å². The van der Waals surface area contributed by atoms with Crippen LogP contribution in [0.2, 0.25) is 0 Å². The number of hydrogen-bond donors (Lipinski definition) is 3. The second-order valence-electron chi connectivity index (χ2n) is 5.72. The predicted molar refractivity (Wildman–Crippen MR) is 89.0 cm³/mol. The van der Waals surface area contributed by atoms with Crippen LogP contribution in [0.1, 0.15) is 43.6 Å². The molecule has 0 aliphatic carbocycles. The number of aromatic nitrogens is 2. The minimum Gasteiger partial charge on any atom is -0.508 e. The van der Waals surface area contributed by atoms with E-state index in [1.807, 2.05) is 0 Å². The third kappa shape index (κ3) is 2.91. The molecule has 0 atom stereocenters. The number of phenols is 1. The van der Waals surface area contributed by atoms with Crippen LogP contribution in [-0.4, -0.2) is 32.7 Å². The standard InChI is InChI=1S/C18H16N2O5/c1-9-15(10(2)25-17(9)18(23)24)16-13(19-20-14(16)8-21)7-11-3-5-12(22)6-4-11/h3-6,8,22H,7H2,1-2H3,(H,19,20)(H,23,24). The second kappa shape index (κ2) is 6.27. The van der Waals surface area contributed by atoms with Gasteiger partial charge in [-0.05, 0) is 31.5 Å². The number of aromatic carboxylic acids is 1. The van der Waals surface area contributed by atoms with Gasteiger partial charge < -0.3 is 14.6 Å². The summed E-state index contributed by atoms with van der Waals surface area (Å²) in [6.07, 6.45) is 1.06. The number of phenolic OH excluding ortho intramolecular Hbond substituents is 1. The van der Waals surface area contributed by atoms with Crippen molar-refractivity contribution < 1.29 is 24.2 Å². The Morgan fingerprint density at radius 2 is 1.92 bits per heavy atom. The zero-order chi connectivity index (χ0) is 18.1. The number of aromatic hydroxyl groups is 1. The molecule has 3 rings (SSSR count). The molecule has 0 bridgehead atoms. The summed E-state index contributed by atoms with van der Waals surface area (Å²) < 4.78 is 5.36. The first-order valence-corrected chi connectivity index (χ1v) is 7.56. The minimum atomic E-state index is -1.16. The van der Waals surface area contributed by atoms with Gasteiger partial charge in [-0.3, -0.25) is 9.89 Å². The number of rotatable bonds is 5. The molecular weight excluding hydrogens is 324 g/mol. The molecule has 0 radical (unpaired) electrons. The van der Waals surface area contributed by atoms with E-state index in [9.17, 15) is 19.8 Å². The molecule has 7 nitrogen and oxygen atoms in total. The highest BCUT2D eigenvalue weighted by Gasteiger charge is 2.26. The third-order valence-corrected chi connectivity index (χ3v) is 4.07. The molecule has 25 heavy (non-hydrogen) atoms. The number of furan rings is 1. The lowest BCUT2D eigenvalue weighted by molar-refractivity contribution is 0.0659. The number of benzene rings is 1. The van der Waals surface area contributed by atoms with Gasteiger partial charge in [-0.1, -0.05) is 12.1 Å². The predicted octanol–water partition coefficient (Wildman–Crippen LogP) is 3.09. The smallest absolute Gasteiger partial charge is 0.372 e. The van der Waals surface area contributed by atoms with Crippen LogP contribution in [0.3, 0.4) is 0 Å². The Morgan fingerprint density at radius 3 is 2.48 bits per heavy atom. The molecule has 0 saturated carbocycles. The summed E-state index contributed by atoms with van der Waals surface area (Å²) in [6.45, 7) is 3.29. The van der Waals surface area contributed by atoms with Gasteiger partial charge in [0.05, 0.1) is 0 Å². The van der Waals surface area contributed by atoms with Gasteiger partial charge in [0.25, 0.3) is 0 Å². The lowest BCUT2D eigenvalue weighted by atomic mass is 9.96. The van der Waals surface area contributed by atoms with E-state index in [-0.39, 0.29) is 17.2 Å².